The Morgan fingerprint density at radius 2 is 1.76 bits per heavy atom. The molecule has 158 valence electrons. The SMILES string of the molecule is CCN(CC)C(=O)CN(c1ccccc1OC)S(=O)(=O)c1ccc(C(C)C)cn1. The third kappa shape index (κ3) is 5.06. The molecule has 0 aliphatic heterocycles. The number of sulfonamides is 1. The largest absolute Gasteiger partial charge is 0.495 e. The number of para-hydroxylation sites is 2. The minimum atomic E-state index is -4.08. The van der Waals surface area contributed by atoms with Crippen molar-refractivity contribution < 1.29 is 17.9 Å². The van der Waals surface area contributed by atoms with Crippen molar-refractivity contribution >= 4 is 21.6 Å². The van der Waals surface area contributed by atoms with Crippen molar-refractivity contribution in [2.75, 3.05) is 31.0 Å². The molecule has 0 bridgehead atoms. The molecule has 1 aromatic carbocycles. The smallest absolute Gasteiger partial charge is 0.282 e. The summed E-state index contributed by atoms with van der Waals surface area (Å²) in [7, 11) is -2.62. The molecule has 0 atom stereocenters. The molecule has 1 aromatic heterocycles. The maximum atomic E-state index is 13.5. The highest BCUT2D eigenvalue weighted by Crippen LogP contribution is 2.32. The van der Waals surface area contributed by atoms with E-state index in [1.54, 1.807) is 41.4 Å². The van der Waals surface area contributed by atoms with Crippen LogP contribution >= 0.6 is 0 Å². The van der Waals surface area contributed by atoms with Crippen molar-refractivity contribution in [3.05, 3.63) is 48.2 Å². The Balaban J connectivity index is 2.54. The predicted molar refractivity (Wildman–Crippen MR) is 114 cm³/mol. The van der Waals surface area contributed by atoms with Gasteiger partial charge in [-0.25, -0.2) is 4.98 Å². The van der Waals surface area contributed by atoms with Crippen molar-refractivity contribution in [2.24, 2.45) is 0 Å². The number of nitrogens with zero attached hydrogens (tertiary/aromatic N) is 3. The van der Waals surface area contributed by atoms with Gasteiger partial charge in [0.15, 0.2) is 5.03 Å². The summed E-state index contributed by atoms with van der Waals surface area (Å²) < 4.78 is 33.3. The van der Waals surface area contributed by atoms with E-state index in [4.69, 9.17) is 4.74 Å². The number of hydrogen-bond acceptors (Lipinski definition) is 5. The number of amides is 1. The van der Waals surface area contributed by atoms with E-state index in [1.807, 2.05) is 27.7 Å². The molecule has 0 fully saturated rings. The number of aromatic nitrogens is 1. The summed E-state index contributed by atoms with van der Waals surface area (Å²) in [5.41, 5.74) is 1.23. The standard InChI is InChI=1S/C21H29N3O4S/c1-6-23(7-2)21(25)15-24(18-10-8-9-11-19(18)28-5)29(26,27)20-13-12-17(14-22-20)16(3)4/h8-14,16H,6-7,15H2,1-5H3. The number of pyridine rings is 1. The molecule has 0 aliphatic rings. The quantitative estimate of drug-likeness (QED) is 0.623. The molecule has 8 heteroatoms. The van der Waals surface area contributed by atoms with Gasteiger partial charge >= 0.3 is 0 Å². The molecule has 0 spiro atoms. The summed E-state index contributed by atoms with van der Waals surface area (Å²) in [6.07, 6.45) is 1.56. The third-order valence-corrected chi connectivity index (χ3v) is 6.41. The number of benzene rings is 1. The highest BCUT2D eigenvalue weighted by molar-refractivity contribution is 7.92. The number of hydrogen-bond donors (Lipinski definition) is 0. The van der Waals surface area contributed by atoms with E-state index in [2.05, 4.69) is 4.98 Å². The van der Waals surface area contributed by atoms with Crippen LogP contribution in [0.1, 0.15) is 39.2 Å². The highest BCUT2D eigenvalue weighted by atomic mass is 32.2. The van der Waals surface area contributed by atoms with Gasteiger partial charge in [0.2, 0.25) is 5.91 Å². The van der Waals surface area contributed by atoms with E-state index in [0.29, 0.717) is 24.5 Å². The summed E-state index contributed by atoms with van der Waals surface area (Å²) in [4.78, 5) is 18.5. The molecule has 7 nitrogen and oxygen atoms in total. The minimum Gasteiger partial charge on any atom is -0.495 e. The number of ether oxygens (including phenoxy) is 1. The van der Waals surface area contributed by atoms with Crippen LogP contribution in [0.25, 0.3) is 0 Å². The molecule has 0 aliphatic carbocycles. The van der Waals surface area contributed by atoms with Crippen LogP contribution in [0.4, 0.5) is 5.69 Å². The first-order chi connectivity index (χ1) is 13.8. The van der Waals surface area contributed by atoms with Crippen LogP contribution < -0.4 is 9.04 Å². The molecule has 1 amide bonds. The monoisotopic (exact) mass is 419 g/mol. The Bertz CT molecular complexity index is 923. The Morgan fingerprint density at radius 1 is 1.10 bits per heavy atom. The molecule has 29 heavy (non-hydrogen) atoms. The first-order valence-corrected chi connectivity index (χ1v) is 11.1. The van der Waals surface area contributed by atoms with E-state index in [0.717, 1.165) is 9.87 Å². The summed E-state index contributed by atoms with van der Waals surface area (Å²) in [5.74, 6) is 0.305. The summed E-state index contributed by atoms with van der Waals surface area (Å²) in [5, 5.41) is -0.111. The van der Waals surface area contributed by atoms with Crippen LogP contribution in [0.2, 0.25) is 0 Å². The van der Waals surface area contributed by atoms with Gasteiger partial charge in [-0.2, -0.15) is 8.42 Å². The lowest BCUT2D eigenvalue weighted by atomic mass is 10.1. The van der Waals surface area contributed by atoms with Crippen LogP contribution in [0, 0.1) is 0 Å². The zero-order valence-electron chi connectivity index (χ0n) is 17.6. The normalized spacial score (nSPS) is 11.4. The van der Waals surface area contributed by atoms with E-state index in [1.165, 1.54) is 13.2 Å². The summed E-state index contributed by atoms with van der Waals surface area (Å²) in [6, 6.07) is 9.96. The molecular weight excluding hydrogens is 390 g/mol. The van der Waals surface area contributed by atoms with Crippen LogP contribution in [0.5, 0.6) is 5.75 Å². The Morgan fingerprint density at radius 3 is 2.28 bits per heavy atom. The van der Waals surface area contributed by atoms with Crippen LogP contribution in [-0.2, 0) is 14.8 Å². The van der Waals surface area contributed by atoms with E-state index < -0.39 is 10.0 Å². The minimum absolute atomic E-state index is 0.111. The molecule has 2 aromatic rings. The van der Waals surface area contributed by atoms with E-state index >= 15 is 0 Å². The maximum Gasteiger partial charge on any atom is 0.282 e. The fourth-order valence-corrected chi connectivity index (χ4v) is 4.28. The zero-order chi connectivity index (χ0) is 21.6. The second-order valence-corrected chi connectivity index (χ2v) is 8.64. The molecular formula is C21H29N3O4S. The molecule has 0 saturated carbocycles. The molecule has 2 rings (SSSR count). The Hall–Kier alpha value is -2.61. The van der Waals surface area contributed by atoms with E-state index in [9.17, 15) is 13.2 Å². The Labute approximate surface area is 173 Å². The fourth-order valence-electron chi connectivity index (χ4n) is 2.93. The summed E-state index contributed by atoms with van der Waals surface area (Å²) in [6.45, 7) is 8.39. The van der Waals surface area contributed by atoms with Gasteiger partial charge in [0, 0.05) is 19.3 Å². The second kappa shape index (κ2) is 9.73. The van der Waals surface area contributed by atoms with Crippen LogP contribution in [0.15, 0.2) is 47.6 Å². The number of carbonyl (C=O) groups excluding carboxylic acids is 1. The van der Waals surface area contributed by atoms with Crippen molar-refractivity contribution in [2.45, 2.75) is 38.6 Å². The highest BCUT2D eigenvalue weighted by Gasteiger charge is 2.31. The summed E-state index contributed by atoms with van der Waals surface area (Å²) >= 11 is 0. The lowest BCUT2D eigenvalue weighted by molar-refractivity contribution is -0.129. The van der Waals surface area contributed by atoms with E-state index in [-0.39, 0.29) is 23.4 Å². The van der Waals surface area contributed by atoms with Gasteiger partial charge in [-0.15, -0.1) is 0 Å². The topological polar surface area (TPSA) is 79.8 Å². The van der Waals surface area contributed by atoms with Gasteiger partial charge in [0.05, 0.1) is 12.8 Å². The number of methoxy groups -OCH3 is 1. The van der Waals surface area contributed by atoms with Gasteiger partial charge in [0.25, 0.3) is 10.0 Å². The first-order valence-electron chi connectivity index (χ1n) is 9.65. The average Bonchev–Trinajstić information content (AvgIpc) is 2.72. The van der Waals surface area contributed by atoms with Crippen LogP contribution in [0.3, 0.4) is 0 Å². The number of anilines is 1. The second-order valence-electron chi connectivity index (χ2n) is 6.83. The van der Waals surface area contributed by atoms with Crippen molar-refractivity contribution in [1.82, 2.24) is 9.88 Å². The van der Waals surface area contributed by atoms with Gasteiger partial charge < -0.3 is 9.64 Å². The molecule has 1 heterocycles. The van der Waals surface area contributed by atoms with Gasteiger partial charge in [0.1, 0.15) is 12.3 Å². The number of rotatable bonds is 9. The molecule has 0 radical (unpaired) electrons. The number of carbonyl (C=O) groups is 1. The fraction of sp³-hybridized carbons (Fsp3) is 0.429. The molecule has 0 unspecified atom stereocenters. The zero-order valence-corrected chi connectivity index (χ0v) is 18.4. The van der Waals surface area contributed by atoms with Gasteiger partial charge in [-0.05, 0) is 43.5 Å². The van der Waals surface area contributed by atoms with Gasteiger partial charge in [-0.1, -0.05) is 32.0 Å². The van der Waals surface area contributed by atoms with Crippen LogP contribution in [-0.4, -0.2) is 51.0 Å². The van der Waals surface area contributed by atoms with Gasteiger partial charge in [-0.3, -0.25) is 9.10 Å². The predicted octanol–water partition coefficient (Wildman–Crippen LogP) is 3.28. The average molecular weight is 420 g/mol. The van der Waals surface area contributed by atoms with Crippen molar-refractivity contribution in [1.29, 1.82) is 0 Å². The lowest BCUT2D eigenvalue weighted by Gasteiger charge is -2.28. The maximum absolute atomic E-state index is 13.5. The van der Waals surface area contributed by atoms with Crippen molar-refractivity contribution in [3.8, 4) is 5.75 Å². The molecule has 0 N–H and O–H groups in total. The first kappa shape index (κ1) is 22.7. The Kier molecular flexibility index (Phi) is 7.61. The number of likely N-dealkylation sites (N-methyl/N-ethyl adjacent to an activating group) is 1. The van der Waals surface area contributed by atoms with Crippen molar-refractivity contribution in [3.63, 3.8) is 0 Å². The lowest BCUT2D eigenvalue weighted by Crippen LogP contribution is -2.43. The molecule has 0 saturated heterocycles. The third-order valence-electron chi connectivity index (χ3n) is 4.73.